The lowest BCUT2D eigenvalue weighted by Crippen LogP contribution is -2.30. The summed E-state index contributed by atoms with van der Waals surface area (Å²) in [6, 6.07) is 18.3. The lowest BCUT2D eigenvalue weighted by Gasteiger charge is -2.23. The molecule has 9 nitrogen and oxygen atoms in total. The van der Waals surface area contributed by atoms with Crippen molar-refractivity contribution in [1.29, 1.82) is 0 Å². The first kappa shape index (κ1) is 26.8. The minimum absolute atomic E-state index is 0.0528. The van der Waals surface area contributed by atoms with Gasteiger partial charge in [0.05, 0.1) is 25.6 Å². The highest BCUT2D eigenvalue weighted by Crippen LogP contribution is 2.27. The third-order valence-electron chi connectivity index (χ3n) is 5.11. The SMILES string of the molecule is COC(=O)COc1cc(N)ccc1CNC(=O)c1cc(Cl)cc(N(Cc2ccccc2)S(C)(=O)=O)c1. The molecule has 0 aliphatic rings. The number of methoxy groups -OCH3 is 1. The summed E-state index contributed by atoms with van der Waals surface area (Å²) in [5.74, 6) is -0.731. The van der Waals surface area contributed by atoms with Crippen molar-refractivity contribution in [2.24, 2.45) is 0 Å². The molecule has 3 aromatic carbocycles. The van der Waals surface area contributed by atoms with E-state index < -0.39 is 21.9 Å². The highest BCUT2D eigenvalue weighted by Gasteiger charge is 2.20. The summed E-state index contributed by atoms with van der Waals surface area (Å²) < 4.78 is 36.4. The third kappa shape index (κ3) is 7.37. The monoisotopic (exact) mass is 531 g/mol. The molecule has 0 aliphatic heterocycles. The molecule has 0 spiro atoms. The van der Waals surface area contributed by atoms with Crippen molar-refractivity contribution in [3.63, 3.8) is 0 Å². The van der Waals surface area contributed by atoms with Crippen LogP contribution in [0, 0.1) is 0 Å². The number of carbonyl (C=O) groups is 2. The molecule has 0 radical (unpaired) electrons. The Balaban J connectivity index is 1.81. The molecule has 3 N–H and O–H groups in total. The van der Waals surface area contributed by atoms with E-state index >= 15 is 0 Å². The molecule has 0 atom stereocenters. The van der Waals surface area contributed by atoms with Gasteiger partial charge in [0.1, 0.15) is 5.75 Å². The number of carbonyl (C=O) groups excluding carboxylic acids is 2. The highest BCUT2D eigenvalue weighted by atomic mass is 35.5. The predicted molar refractivity (Wildman–Crippen MR) is 138 cm³/mol. The van der Waals surface area contributed by atoms with Crippen molar-refractivity contribution >= 4 is 44.9 Å². The maximum absolute atomic E-state index is 13.0. The largest absolute Gasteiger partial charge is 0.481 e. The summed E-state index contributed by atoms with van der Waals surface area (Å²) in [6.45, 7) is -0.189. The summed E-state index contributed by atoms with van der Waals surface area (Å²) in [7, 11) is -2.43. The molecule has 190 valence electrons. The molecule has 0 saturated heterocycles. The second-order valence-corrected chi connectivity index (χ2v) is 10.2. The Hall–Kier alpha value is -3.76. The molecular weight excluding hydrogens is 506 g/mol. The average Bonchev–Trinajstić information content (AvgIpc) is 2.84. The summed E-state index contributed by atoms with van der Waals surface area (Å²) in [4.78, 5) is 24.4. The Labute approximate surface area is 214 Å². The van der Waals surface area contributed by atoms with Crippen molar-refractivity contribution in [1.82, 2.24) is 5.32 Å². The van der Waals surface area contributed by atoms with Gasteiger partial charge in [0.15, 0.2) is 6.61 Å². The normalized spacial score (nSPS) is 11.0. The van der Waals surface area contributed by atoms with Crippen LogP contribution in [-0.4, -0.2) is 40.3 Å². The van der Waals surface area contributed by atoms with Crippen LogP contribution in [0.3, 0.4) is 0 Å². The van der Waals surface area contributed by atoms with Gasteiger partial charge in [-0.05, 0) is 29.8 Å². The van der Waals surface area contributed by atoms with E-state index in [0.717, 1.165) is 11.8 Å². The van der Waals surface area contributed by atoms with Gasteiger partial charge in [0.25, 0.3) is 5.91 Å². The zero-order valence-corrected chi connectivity index (χ0v) is 21.3. The number of halogens is 1. The summed E-state index contributed by atoms with van der Waals surface area (Å²) >= 11 is 6.26. The molecule has 0 fully saturated rings. The summed E-state index contributed by atoms with van der Waals surface area (Å²) in [6.07, 6.45) is 1.09. The number of nitrogen functional groups attached to an aromatic ring is 1. The van der Waals surface area contributed by atoms with E-state index in [1.807, 2.05) is 30.3 Å². The van der Waals surface area contributed by atoms with E-state index in [9.17, 15) is 18.0 Å². The first-order valence-electron chi connectivity index (χ1n) is 10.8. The number of nitrogens with two attached hydrogens (primary N) is 1. The zero-order chi connectivity index (χ0) is 26.3. The number of rotatable bonds is 10. The number of esters is 1. The van der Waals surface area contributed by atoms with Gasteiger partial charge in [0, 0.05) is 34.4 Å². The number of hydrogen-bond donors (Lipinski definition) is 2. The number of sulfonamides is 1. The van der Waals surface area contributed by atoms with E-state index in [0.29, 0.717) is 17.0 Å². The molecule has 0 saturated carbocycles. The van der Waals surface area contributed by atoms with E-state index in [4.69, 9.17) is 22.1 Å². The number of ether oxygens (including phenoxy) is 2. The van der Waals surface area contributed by atoms with Gasteiger partial charge in [0.2, 0.25) is 10.0 Å². The first-order valence-corrected chi connectivity index (χ1v) is 13.0. The smallest absolute Gasteiger partial charge is 0.343 e. The van der Waals surface area contributed by atoms with Crippen LogP contribution in [0.5, 0.6) is 5.75 Å². The van der Waals surface area contributed by atoms with E-state index in [-0.39, 0.29) is 36.0 Å². The van der Waals surface area contributed by atoms with Crippen molar-refractivity contribution < 1.29 is 27.5 Å². The number of benzene rings is 3. The molecule has 0 heterocycles. The van der Waals surface area contributed by atoms with Gasteiger partial charge < -0.3 is 20.5 Å². The van der Waals surface area contributed by atoms with E-state index in [2.05, 4.69) is 10.1 Å². The van der Waals surface area contributed by atoms with E-state index in [1.54, 1.807) is 12.1 Å². The van der Waals surface area contributed by atoms with E-state index in [1.165, 1.54) is 35.7 Å². The van der Waals surface area contributed by atoms with Gasteiger partial charge in [-0.15, -0.1) is 0 Å². The maximum Gasteiger partial charge on any atom is 0.343 e. The van der Waals surface area contributed by atoms with Crippen molar-refractivity contribution in [3.8, 4) is 5.75 Å². The van der Waals surface area contributed by atoms with Crippen molar-refractivity contribution in [3.05, 3.63) is 88.4 Å². The second-order valence-electron chi connectivity index (χ2n) is 7.87. The van der Waals surface area contributed by atoms with Crippen LogP contribution in [0.4, 0.5) is 11.4 Å². The Kier molecular flexibility index (Phi) is 8.78. The molecule has 1 amide bonds. The molecule has 3 rings (SSSR count). The van der Waals surface area contributed by atoms with Crippen molar-refractivity contribution in [2.75, 3.05) is 30.0 Å². The molecule has 3 aromatic rings. The van der Waals surface area contributed by atoms with Gasteiger partial charge in [-0.1, -0.05) is 48.0 Å². The van der Waals surface area contributed by atoms with Gasteiger partial charge in [-0.25, -0.2) is 13.2 Å². The third-order valence-corrected chi connectivity index (χ3v) is 6.46. The summed E-state index contributed by atoms with van der Waals surface area (Å²) in [5, 5.41) is 2.96. The molecule has 0 aromatic heterocycles. The van der Waals surface area contributed by atoms with Crippen LogP contribution in [0.25, 0.3) is 0 Å². The fourth-order valence-corrected chi connectivity index (χ4v) is 4.42. The molecule has 0 aliphatic carbocycles. The first-order chi connectivity index (χ1) is 17.1. The number of nitrogens with one attached hydrogen (secondary N) is 1. The Morgan fingerprint density at radius 3 is 2.44 bits per heavy atom. The highest BCUT2D eigenvalue weighted by molar-refractivity contribution is 7.92. The molecule has 36 heavy (non-hydrogen) atoms. The zero-order valence-electron chi connectivity index (χ0n) is 19.7. The lowest BCUT2D eigenvalue weighted by molar-refractivity contribution is -0.142. The predicted octanol–water partition coefficient (Wildman–Crippen LogP) is 3.37. The summed E-state index contributed by atoms with van der Waals surface area (Å²) in [5.41, 5.74) is 8.01. The number of nitrogens with zero attached hydrogens (tertiary/aromatic N) is 1. The van der Waals surface area contributed by atoms with Crippen LogP contribution < -0.4 is 20.1 Å². The molecule has 0 unspecified atom stereocenters. The molecular formula is C25H26ClN3O6S. The van der Waals surface area contributed by atoms with Crippen LogP contribution in [0.15, 0.2) is 66.7 Å². The van der Waals surface area contributed by atoms with Crippen LogP contribution in [0.1, 0.15) is 21.5 Å². The fraction of sp³-hybridized carbons (Fsp3) is 0.200. The maximum atomic E-state index is 13.0. The standard InChI is InChI=1S/C25H26ClN3O6S/c1-34-24(30)16-35-23-13-21(27)9-8-18(23)14-28-25(31)19-10-20(26)12-22(11-19)29(36(2,32)33)15-17-6-4-3-5-7-17/h3-13H,14-16,27H2,1-2H3,(H,28,31). The van der Waals surface area contributed by atoms with Gasteiger partial charge in [-0.3, -0.25) is 9.10 Å². The van der Waals surface area contributed by atoms with Gasteiger partial charge >= 0.3 is 5.97 Å². The van der Waals surface area contributed by atoms with Crippen LogP contribution in [0.2, 0.25) is 5.02 Å². The topological polar surface area (TPSA) is 128 Å². The quantitative estimate of drug-likeness (QED) is 0.303. The average molecular weight is 532 g/mol. The Morgan fingerprint density at radius 1 is 1.06 bits per heavy atom. The van der Waals surface area contributed by atoms with Gasteiger partial charge in [-0.2, -0.15) is 0 Å². The fourth-order valence-electron chi connectivity index (χ4n) is 3.32. The van der Waals surface area contributed by atoms with Crippen molar-refractivity contribution in [2.45, 2.75) is 13.1 Å². The number of hydrogen-bond acceptors (Lipinski definition) is 7. The Bertz CT molecular complexity index is 1350. The number of anilines is 2. The molecule has 11 heteroatoms. The second kappa shape index (κ2) is 11.8. The minimum atomic E-state index is -3.68. The lowest BCUT2D eigenvalue weighted by atomic mass is 10.1. The minimum Gasteiger partial charge on any atom is -0.481 e. The number of amides is 1. The molecule has 0 bridgehead atoms. The Morgan fingerprint density at radius 2 is 1.78 bits per heavy atom. The van der Waals surface area contributed by atoms with Crippen LogP contribution in [-0.2, 0) is 32.6 Å². The van der Waals surface area contributed by atoms with Crippen LogP contribution >= 0.6 is 11.6 Å².